The van der Waals surface area contributed by atoms with Gasteiger partial charge in [-0.2, -0.15) is 0 Å². The fourth-order valence-electron chi connectivity index (χ4n) is 3.19. The van der Waals surface area contributed by atoms with Gasteiger partial charge in [-0.25, -0.2) is 4.98 Å². The summed E-state index contributed by atoms with van der Waals surface area (Å²) in [5.41, 5.74) is 1.12. The van der Waals surface area contributed by atoms with Gasteiger partial charge in [0.2, 0.25) is 5.91 Å². The molecule has 2 fully saturated rings. The Hall–Kier alpha value is -1.66. The maximum Gasteiger partial charge on any atom is 0.224 e. The van der Waals surface area contributed by atoms with E-state index in [4.69, 9.17) is 0 Å². The third kappa shape index (κ3) is 4.42. The monoisotopic (exact) mass is 317 g/mol. The van der Waals surface area contributed by atoms with Crippen LogP contribution < -0.4 is 15.5 Å². The lowest BCUT2D eigenvalue weighted by atomic mass is 9.99. The SMILES string of the molecule is CN1CCN(c2cc(CNC(=O)C3CCCNC3)ccn2)CC1. The van der Waals surface area contributed by atoms with Crippen molar-refractivity contribution in [2.24, 2.45) is 5.92 Å². The number of hydrogen-bond acceptors (Lipinski definition) is 5. The zero-order chi connectivity index (χ0) is 16.1. The summed E-state index contributed by atoms with van der Waals surface area (Å²) in [4.78, 5) is 21.3. The Morgan fingerprint density at radius 1 is 1.39 bits per heavy atom. The molecule has 6 nitrogen and oxygen atoms in total. The lowest BCUT2D eigenvalue weighted by molar-refractivity contribution is -0.125. The molecule has 1 aromatic rings. The molecule has 0 aliphatic carbocycles. The van der Waals surface area contributed by atoms with Crippen molar-refractivity contribution in [3.63, 3.8) is 0 Å². The van der Waals surface area contributed by atoms with Crippen molar-refractivity contribution < 1.29 is 4.79 Å². The topological polar surface area (TPSA) is 60.5 Å². The molecular weight excluding hydrogens is 290 g/mol. The second-order valence-corrected chi connectivity index (χ2v) is 6.57. The molecule has 0 spiro atoms. The summed E-state index contributed by atoms with van der Waals surface area (Å²) in [6.45, 7) is 6.56. The molecule has 3 heterocycles. The van der Waals surface area contributed by atoms with Gasteiger partial charge in [-0.05, 0) is 44.1 Å². The Labute approximate surface area is 138 Å². The Morgan fingerprint density at radius 3 is 2.96 bits per heavy atom. The number of nitrogens with one attached hydrogen (secondary N) is 2. The average Bonchev–Trinajstić information content (AvgIpc) is 2.61. The van der Waals surface area contributed by atoms with Gasteiger partial charge in [-0.15, -0.1) is 0 Å². The minimum atomic E-state index is 0.114. The quantitative estimate of drug-likeness (QED) is 0.844. The number of pyridine rings is 1. The highest BCUT2D eigenvalue weighted by molar-refractivity contribution is 5.79. The maximum absolute atomic E-state index is 12.2. The first-order valence-electron chi connectivity index (χ1n) is 8.59. The van der Waals surface area contributed by atoms with Gasteiger partial charge >= 0.3 is 0 Å². The molecule has 0 aromatic carbocycles. The number of carbonyl (C=O) groups excluding carboxylic acids is 1. The first-order valence-corrected chi connectivity index (χ1v) is 8.59. The highest BCUT2D eigenvalue weighted by Crippen LogP contribution is 2.15. The van der Waals surface area contributed by atoms with Crippen LogP contribution in [0.2, 0.25) is 0 Å². The number of rotatable bonds is 4. The summed E-state index contributed by atoms with van der Waals surface area (Å²) in [7, 11) is 2.15. The molecule has 2 aliphatic heterocycles. The van der Waals surface area contributed by atoms with E-state index in [2.05, 4.69) is 38.5 Å². The molecule has 1 atom stereocenters. The summed E-state index contributed by atoms with van der Waals surface area (Å²) < 4.78 is 0. The first kappa shape index (κ1) is 16.2. The average molecular weight is 317 g/mol. The number of amides is 1. The molecule has 1 unspecified atom stereocenters. The van der Waals surface area contributed by atoms with E-state index in [0.717, 1.165) is 63.5 Å². The van der Waals surface area contributed by atoms with E-state index in [0.29, 0.717) is 6.54 Å². The number of likely N-dealkylation sites (N-methyl/N-ethyl adjacent to an activating group) is 1. The smallest absolute Gasteiger partial charge is 0.224 e. The van der Waals surface area contributed by atoms with Crippen molar-refractivity contribution in [1.29, 1.82) is 0 Å². The largest absolute Gasteiger partial charge is 0.354 e. The van der Waals surface area contributed by atoms with Gasteiger partial charge < -0.3 is 20.4 Å². The second kappa shape index (κ2) is 7.75. The number of hydrogen-bond donors (Lipinski definition) is 2. The van der Waals surface area contributed by atoms with E-state index in [1.54, 1.807) is 0 Å². The van der Waals surface area contributed by atoms with Crippen molar-refractivity contribution in [2.45, 2.75) is 19.4 Å². The summed E-state index contributed by atoms with van der Waals surface area (Å²) in [6, 6.07) is 4.09. The Kier molecular flexibility index (Phi) is 5.46. The molecule has 2 aliphatic rings. The molecule has 126 valence electrons. The summed E-state index contributed by atoms with van der Waals surface area (Å²) in [6.07, 6.45) is 3.92. The van der Waals surface area contributed by atoms with E-state index in [1.165, 1.54) is 0 Å². The van der Waals surface area contributed by atoms with Gasteiger partial charge in [0, 0.05) is 45.5 Å². The van der Waals surface area contributed by atoms with Crippen molar-refractivity contribution in [3.05, 3.63) is 23.9 Å². The molecule has 2 N–H and O–H groups in total. The lowest BCUT2D eigenvalue weighted by Gasteiger charge is -2.33. The third-order valence-electron chi connectivity index (χ3n) is 4.77. The highest BCUT2D eigenvalue weighted by atomic mass is 16.1. The molecule has 0 bridgehead atoms. The van der Waals surface area contributed by atoms with Crippen LogP contribution in [0, 0.1) is 5.92 Å². The van der Waals surface area contributed by atoms with E-state index in [-0.39, 0.29) is 11.8 Å². The van der Waals surface area contributed by atoms with Gasteiger partial charge in [0.05, 0.1) is 5.92 Å². The molecule has 0 radical (unpaired) electrons. The van der Waals surface area contributed by atoms with E-state index >= 15 is 0 Å². The van der Waals surface area contributed by atoms with Crippen LogP contribution >= 0.6 is 0 Å². The summed E-state index contributed by atoms with van der Waals surface area (Å²) in [5, 5.41) is 6.36. The van der Waals surface area contributed by atoms with Crippen LogP contribution in [0.25, 0.3) is 0 Å². The number of piperidine rings is 1. The minimum Gasteiger partial charge on any atom is -0.354 e. The molecule has 23 heavy (non-hydrogen) atoms. The maximum atomic E-state index is 12.2. The van der Waals surface area contributed by atoms with Gasteiger partial charge in [0.25, 0.3) is 0 Å². The van der Waals surface area contributed by atoms with Crippen LogP contribution in [0.4, 0.5) is 5.82 Å². The first-order chi connectivity index (χ1) is 11.2. The molecular formula is C17H27N5O. The predicted octanol–water partition coefficient (Wildman–Crippen LogP) is 0.449. The van der Waals surface area contributed by atoms with Crippen LogP contribution in [0.15, 0.2) is 18.3 Å². The zero-order valence-electron chi connectivity index (χ0n) is 13.9. The number of aromatic nitrogens is 1. The normalized spacial score (nSPS) is 22.8. The zero-order valence-corrected chi connectivity index (χ0v) is 13.9. The molecule has 1 amide bonds. The number of carbonyl (C=O) groups is 1. The van der Waals surface area contributed by atoms with Crippen LogP contribution in [-0.2, 0) is 11.3 Å². The molecule has 3 rings (SSSR count). The van der Waals surface area contributed by atoms with Crippen molar-refractivity contribution >= 4 is 11.7 Å². The summed E-state index contributed by atoms with van der Waals surface area (Å²) in [5.74, 6) is 1.29. The summed E-state index contributed by atoms with van der Waals surface area (Å²) >= 11 is 0. The van der Waals surface area contributed by atoms with Gasteiger partial charge in [0.1, 0.15) is 5.82 Å². The molecule has 0 saturated carbocycles. The Balaban J connectivity index is 1.54. The highest BCUT2D eigenvalue weighted by Gasteiger charge is 2.20. The third-order valence-corrected chi connectivity index (χ3v) is 4.77. The minimum absolute atomic E-state index is 0.114. The van der Waals surface area contributed by atoms with Crippen molar-refractivity contribution in [1.82, 2.24) is 20.5 Å². The Bertz CT molecular complexity index is 521. The molecule has 2 saturated heterocycles. The van der Waals surface area contributed by atoms with E-state index in [9.17, 15) is 4.79 Å². The van der Waals surface area contributed by atoms with Gasteiger partial charge in [0.15, 0.2) is 0 Å². The van der Waals surface area contributed by atoms with Gasteiger partial charge in [-0.1, -0.05) is 0 Å². The van der Waals surface area contributed by atoms with E-state index in [1.807, 2.05) is 12.3 Å². The van der Waals surface area contributed by atoms with Crippen molar-refractivity contribution in [3.8, 4) is 0 Å². The van der Waals surface area contributed by atoms with Crippen LogP contribution in [0.5, 0.6) is 0 Å². The van der Waals surface area contributed by atoms with Crippen molar-refractivity contribution in [2.75, 3.05) is 51.2 Å². The van der Waals surface area contributed by atoms with E-state index < -0.39 is 0 Å². The standard InChI is InChI=1S/C17H27N5O/c1-21-7-9-22(10-8-21)16-11-14(4-6-19-16)12-20-17(23)15-3-2-5-18-13-15/h4,6,11,15,18H,2-3,5,7-10,12-13H2,1H3,(H,20,23). The lowest BCUT2D eigenvalue weighted by Crippen LogP contribution is -2.44. The second-order valence-electron chi connectivity index (χ2n) is 6.57. The molecule has 6 heteroatoms. The molecule has 1 aromatic heterocycles. The number of anilines is 1. The van der Waals surface area contributed by atoms with Crippen LogP contribution in [0.1, 0.15) is 18.4 Å². The fraction of sp³-hybridized carbons (Fsp3) is 0.647. The number of piperazine rings is 1. The van der Waals surface area contributed by atoms with Gasteiger partial charge in [-0.3, -0.25) is 4.79 Å². The van der Waals surface area contributed by atoms with Crippen LogP contribution in [-0.4, -0.2) is 62.1 Å². The fourth-order valence-corrected chi connectivity index (χ4v) is 3.19. The predicted molar refractivity (Wildman–Crippen MR) is 91.4 cm³/mol. The van der Waals surface area contributed by atoms with Crippen LogP contribution in [0.3, 0.4) is 0 Å². The Morgan fingerprint density at radius 2 is 2.22 bits per heavy atom. The number of nitrogens with zero attached hydrogens (tertiary/aromatic N) is 3.